The van der Waals surface area contributed by atoms with Gasteiger partial charge in [0.25, 0.3) is 0 Å². The fraction of sp³-hybridized carbons (Fsp3) is 0.533. The summed E-state index contributed by atoms with van der Waals surface area (Å²) in [6.45, 7) is 4.66. The van der Waals surface area contributed by atoms with Crippen LogP contribution in [0, 0.1) is 0 Å². The standard InChI is InChI=1S/C15H23N3O2/c1-10-9-14(7-8-20-10)18-15(19)17-13-5-3-12(4-6-13)11(2)16/h3-6,10-11,14H,7-9,16H2,1-2H3,(H2,17,18,19). The molecule has 1 fully saturated rings. The van der Waals surface area contributed by atoms with Crippen LogP contribution in [0.25, 0.3) is 0 Å². The van der Waals surface area contributed by atoms with Gasteiger partial charge in [0.2, 0.25) is 0 Å². The van der Waals surface area contributed by atoms with Gasteiger partial charge in [-0.1, -0.05) is 12.1 Å². The summed E-state index contributed by atoms with van der Waals surface area (Å²) in [6.07, 6.45) is 1.93. The number of amides is 2. The molecule has 0 aromatic heterocycles. The van der Waals surface area contributed by atoms with Crippen LogP contribution in [0.1, 0.15) is 38.3 Å². The van der Waals surface area contributed by atoms with Crippen LogP contribution in [-0.2, 0) is 4.74 Å². The first kappa shape index (κ1) is 14.8. The van der Waals surface area contributed by atoms with Crippen molar-refractivity contribution in [3.63, 3.8) is 0 Å². The molecule has 1 aromatic rings. The van der Waals surface area contributed by atoms with Crippen molar-refractivity contribution in [2.75, 3.05) is 11.9 Å². The summed E-state index contributed by atoms with van der Waals surface area (Å²) in [6, 6.07) is 7.60. The Bertz CT molecular complexity index is 445. The monoisotopic (exact) mass is 277 g/mol. The van der Waals surface area contributed by atoms with Crippen LogP contribution < -0.4 is 16.4 Å². The zero-order chi connectivity index (χ0) is 14.5. The largest absolute Gasteiger partial charge is 0.378 e. The first-order valence-corrected chi connectivity index (χ1v) is 7.09. The second-order valence-electron chi connectivity index (χ2n) is 5.41. The smallest absolute Gasteiger partial charge is 0.319 e. The predicted octanol–water partition coefficient (Wildman–Crippen LogP) is 2.40. The molecule has 1 aliphatic rings. The number of nitrogens with two attached hydrogens (primary N) is 1. The molecule has 1 aromatic carbocycles. The molecule has 4 N–H and O–H groups in total. The molecule has 3 unspecified atom stereocenters. The third-order valence-corrected chi connectivity index (χ3v) is 3.51. The van der Waals surface area contributed by atoms with E-state index in [2.05, 4.69) is 10.6 Å². The van der Waals surface area contributed by atoms with Gasteiger partial charge < -0.3 is 21.1 Å². The zero-order valence-corrected chi connectivity index (χ0v) is 12.1. The summed E-state index contributed by atoms with van der Waals surface area (Å²) in [4.78, 5) is 11.9. The first-order chi connectivity index (χ1) is 9.54. The normalized spacial score (nSPS) is 23.9. The van der Waals surface area contributed by atoms with Crippen LogP contribution in [0.5, 0.6) is 0 Å². The molecule has 20 heavy (non-hydrogen) atoms. The fourth-order valence-electron chi connectivity index (χ4n) is 2.35. The lowest BCUT2D eigenvalue weighted by atomic mass is 10.0. The van der Waals surface area contributed by atoms with Gasteiger partial charge in [-0.05, 0) is 44.4 Å². The summed E-state index contributed by atoms with van der Waals surface area (Å²) in [5, 5.41) is 5.82. The maximum absolute atomic E-state index is 11.9. The molecule has 1 aliphatic heterocycles. The Labute approximate surface area is 119 Å². The van der Waals surface area contributed by atoms with E-state index in [1.54, 1.807) is 0 Å². The van der Waals surface area contributed by atoms with E-state index in [0.717, 1.165) is 24.1 Å². The van der Waals surface area contributed by atoms with Crippen molar-refractivity contribution in [2.24, 2.45) is 5.73 Å². The highest BCUT2D eigenvalue weighted by Crippen LogP contribution is 2.15. The summed E-state index contributed by atoms with van der Waals surface area (Å²) in [7, 11) is 0. The maximum atomic E-state index is 11.9. The number of ether oxygens (including phenoxy) is 1. The molecule has 0 spiro atoms. The molecule has 0 aliphatic carbocycles. The van der Waals surface area contributed by atoms with Gasteiger partial charge >= 0.3 is 6.03 Å². The van der Waals surface area contributed by atoms with Gasteiger partial charge in [-0.3, -0.25) is 0 Å². The van der Waals surface area contributed by atoms with Gasteiger partial charge in [-0.2, -0.15) is 0 Å². The second-order valence-corrected chi connectivity index (χ2v) is 5.41. The van der Waals surface area contributed by atoms with Crippen LogP contribution in [0.4, 0.5) is 10.5 Å². The average molecular weight is 277 g/mol. The highest BCUT2D eigenvalue weighted by molar-refractivity contribution is 5.89. The third-order valence-electron chi connectivity index (χ3n) is 3.51. The Hall–Kier alpha value is -1.59. The first-order valence-electron chi connectivity index (χ1n) is 7.09. The molecule has 0 radical (unpaired) electrons. The van der Waals surface area contributed by atoms with E-state index in [1.807, 2.05) is 38.1 Å². The van der Waals surface area contributed by atoms with Gasteiger partial charge in [0.15, 0.2) is 0 Å². The average Bonchev–Trinajstić information content (AvgIpc) is 2.39. The number of hydrogen-bond acceptors (Lipinski definition) is 3. The minimum absolute atomic E-state index is 0.00148. The van der Waals surface area contributed by atoms with Crippen LogP contribution in [0.15, 0.2) is 24.3 Å². The van der Waals surface area contributed by atoms with Gasteiger partial charge in [-0.25, -0.2) is 4.79 Å². The molecule has 1 saturated heterocycles. The lowest BCUT2D eigenvalue weighted by Gasteiger charge is -2.27. The number of carbonyl (C=O) groups is 1. The summed E-state index contributed by atoms with van der Waals surface area (Å²) in [5.74, 6) is 0. The molecule has 110 valence electrons. The molecule has 0 bridgehead atoms. The number of carbonyl (C=O) groups excluding carboxylic acids is 1. The molecule has 3 atom stereocenters. The molecule has 2 amide bonds. The Morgan fingerprint density at radius 2 is 2.10 bits per heavy atom. The number of rotatable bonds is 3. The molecule has 5 nitrogen and oxygen atoms in total. The summed E-state index contributed by atoms with van der Waals surface area (Å²) >= 11 is 0. The van der Waals surface area contributed by atoms with Crippen molar-refractivity contribution in [3.8, 4) is 0 Å². The summed E-state index contributed by atoms with van der Waals surface area (Å²) in [5.41, 5.74) is 7.61. The summed E-state index contributed by atoms with van der Waals surface area (Å²) < 4.78 is 5.46. The molecule has 2 rings (SSSR count). The molecule has 5 heteroatoms. The van der Waals surface area contributed by atoms with E-state index in [1.165, 1.54) is 0 Å². The lowest BCUT2D eigenvalue weighted by molar-refractivity contribution is 0.0157. The highest BCUT2D eigenvalue weighted by atomic mass is 16.5. The predicted molar refractivity (Wildman–Crippen MR) is 79.6 cm³/mol. The van der Waals surface area contributed by atoms with Gasteiger partial charge in [0.1, 0.15) is 0 Å². The topological polar surface area (TPSA) is 76.4 Å². The van der Waals surface area contributed by atoms with Crippen LogP contribution in [0.2, 0.25) is 0 Å². The van der Waals surface area contributed by atoms with Crippen LogP contribution in [-0.4, -0.2) is 24.8 Å². The minimum atomic E-state index is -0.169. The van der Waals surface area contributed by atoms with E-state index in [9.17, 15) is 4.79 Å². The van der Waals surface area contributed by atoms with E-state index in [-0.39, 0.29) is 24.2 Å². The van der Waals surface area contributed by atoms with E-state index in [0.29, 0.717) is 6.61 Å². The molecular formula is C15H23N3O2. The van der Waals surface area contributed by atoms with Gasteiger partial charge in [0, 0.05) is 24.4 Å². The van der Waals surface area contributed by atoms with Crippen LogP contribution >= 0.6 is 0 Å². The molecule has 0 saturated carbocycles. The number of hydrogen-bond donors (Lipinski definition) is 3. The maximum Gasteiger partial charge on any atom is 0.319 e. The minimum Gasteiger partial charge on any atom is -0.378 e. The number of anilines is 1. The fourth-order valence-corrected chi connectivity index (χ4v) is 2.35. The lowest BCUT2D eigenvalue weighted by Crippen LogP contribution is -2.43. The van der Waals surface area contributed by atoms with Gasteiger partial charge in [0.05, 0.1) is 6.10 Å². The van der Waals surface area contributed by atoms with Crippen molar-refractivity contribution in [2.45, 2.75) is 44.9 Å². The van der Waals surface area contributed by atoms with Crippen LogP contribution in [0.3, 0.4) is 0 Å². The van der Waals surface area contributed by atoms with E-state index in [4.69, 9.17) is 10.5 Å². The van der Waals surface area contributed by atoms with E-state index < -0.39 is 0 Å². The number of benzene rings is 1. The Morgan fingerprint density at radius 3 is 2.70 bits per heavy atom. The Balaban J connectivity index is 1.84. The van der Waals surface area contributed by atoms with Crippen molar-refractivity contribution >= 4 is 11.7 Å². The van der Waals surface area contributed by atoms with E-state index >= 15 is 0 Å². The molecule has 1 heterocycles. The van der Waals surface area contributed by atoms with Crippen molar-refractivity contribution < 1.29 is 9.53 Å². The zero-order valence-electron chi connectivity index (χ0n) is 12.1. The Morgan fingerprint density at radius 1 is 1.40 bits per heavy atom. The molecular weight excluding hydrogens is 254 g/mol. The van der Waals surface area contributed by atoms with Crippen molar-refractivity contribution in [1.29, 1.82) is 0 Å². The second kappa shape index (κ2) is 6.72. The van der Waals surface area contributed by atoms with Gasteiger partial charge in [-0.15, -0.1) is 0 Å². The third kappa shape index (κ3) is 4.21. The van der Waals surface area contributed by atoms with Crippen molar-refractivity contribution in [3.05, 3.63) is 29.8 Å². The number of nitrogens with one attached hydrogen (secondary N) is 2. The van der Waals surface area contributed by atoms with Crippen molar-refractivity contribution in [1.82, 2.24) is 5.32 Å². The highest BCUT2D eigenvalue weighted by Gasteiger charge is 2.20. The quantitative estimate of drug-likeness (QED) is 0.794. The Kier molecular flexibility index (Phi) is 4.98. The number of urea groups is 1. The SMILES string of the molecule is CC1CC(NC(=O)Nc2ccc(C(C)N)cc2)CCO1.